The third kappa shape index (κ3) is 3.48. The van der Waals surface area contributed by atoms with Crippen LogP contribution in [0.4, 0.5) is 5.69 Å². The van der Waals surface area contributed by atoms with Gasteiger partial charge in [0.05, 0.1) is 10.6 Å². The number of nitrogens with zero attached hydrogens (tertiary/aromatic N) is 1. The van der Waals surface area contributed by atoms with Gasteiger partial charge in [-0.3, -0.25) is 4.79 Å². The number of benzene rings is 1. The molecule has 0 bridgehead atoms. The van der Waals surface area contributed by atoms with Crippen LogP contribution in [0.15, 0.2) is 59.9 Å². The van der Waals surface area contributed by atoms with Crippen LogP contribution in [0, 0.1) is 0 Å². The van der Waals surface area contributed by atoms with Gasteiger partial charge in [0.25, 0.3) is 5.91 Å². The van der Waals surface area contributed by atoms with E-state index in [-0.39, 0.29) is 5.91 Å². The number of thioether (sulfide) groups is 1. The highest BCUT2D eigenvalue weighted by Gasteiger charge is 2.24. The molecular weight excluding hydrogens is 420 g/mol. The van der Waals surface area contributed by atoms with Crippen molar-refractivity contribution in [3.8, 4) is 0 Å². The van der Waals surface area contributed by atoms with Crippen molar-refractivity contribution < 1.29 is 9.21 Å². The minimum absolute atomic E-state index is 0.182. The van der Waals surface area contributed by atoms with Crippen molar-refractivity contribution in [1.29, 1.82) is 0 Å². The summed E-state index contributed by atoms with van der Waals surface area (Å²) in [6, 6.07) is 11.1. The highest BCUT2D eigenvalue weighted by molar-refractivity contribution is 9.10. The number of amidine groups is 1. The van der Waals surface area contributed by atoms with Gasteiger partial charge >= 0.3 is 0 Å². The summed E-state index contributed by atoms with van der Waals surface area (Å²) < 4.78 is 6.87. The Bertz CT molecular complexity index is 768. The van der Waals surface area contributed by atoms with Crippen molar-refractivity contribution in [2.45, 2.75) is 0 Å². The summed E-state index contributed by atoms with van der Waals surface area (Å²) >= 11 is 7.94. The molecule has 1 aliphatic heterocycles. The van der Waals surface area contributed by atoms with Gasteiger partial charge in [-0.25, -0.2) is 4.99 Å². The molecule has 1 amide bonds. The van der Waals surface area contributed by atoms with Crippen LogP contribution in [0.25, 0.3) is 6.08 Å². The molecule has 1 aliphatic rings. The molecule has 0 unspecified atom stereocenters. The van der Waals surface area contributed by atoms with Crippen molar-refractivity contribution in [1.82, 2.24) is 5.32 Å². The first kappa shape index (κ1) is 14.6. The van der Waals surface area contributed by atoms with Gasteiger partial charge < -0.3 is 9.73 Å². The number of aliphatic imine (C=N–C) groups is 1. The lowest BCUT2D eigenvalue weighted by atomic mass is 10.3. The lowest BCUT2D eigenvalue weighted by Crippen LogP contribution is -2.19. The topological polar surface area (TPSA) is 54.6 Å². The van der Waals surface area contributed by atoms with Crippen LogP contribution in [0.2, 0.25) is 0 Å². The average Bonchev–Trinajstić information content (AvgIpc) is 3.00. The lowest BCUT2D eigenvalue weighted by molar-refractivity contribution is -0.115. The number of halogens is 2. The zero-order chi connectivity index (χ0) is 14.8. The van der Waals surface area contributed by atoms with E-state index in [1.807, 2.05) is 24.3 Å². The predicted molar refractivity (Wildman–Crippen MR) is 91.4 cm³/mol. The van der Waals surface area contributed by atoms with E-state index in [1.165, 1.54) is 11.8 Å². The first-order chi connectivity index (χ1) is 10.1. The molecule has 2 heterocycles. The summed E-state index contributed by atoms with van der Waals surface area (Å²) in [5.74, 6) is 0.431. The van der Waals surface area contributed by atoms with Gasteiger partial charge in [-0.2, -0.15) is 0 Å². The average molecular weight is 428 g/mol. The molecule has 2 aromatic rings. The van der Waals surface area contributed by atoms with E-state index < -0.39 is 0 Å². The lowest BCUT2D eigenvalue weighted by Gasteiger charge is -1.98. The van der Waals surface area contributed by atoms with Crippen LogP contribution in [0.3, 0.4) is 0 Å². The number of hydrogen-bond acceptors (Lipinski definition) is 4. The summed E-state index contributed by atoms with van der Waals surface area (Å²) in [6.45, 7) is 0. The van der Waals surface area contributed by atoms with Crippen molar-refractivity contribution in [2.24, 2.45) is 4.99 Å². The molecule has 0 atom stereocenters. The smallest absolute Gasteiger partial charge is 0.264 e. The van der Waals surface area contributed by atoms with Crippen LogP contribution >= 0.6 is 43.6 Å². The molecule has 4 nitrogen and oxygen atoms in total. The summed E-state index contributed by atoms with van der Waals surface area (Å²) in [5, 5.41) is 3.28. The number of para-hydroxylation sites is 1. The molecule has 106 valence electrons. The molecule has 0 radical (unpaired) electrons. The van der Waals surface area contributed by atoms with Gasteiger partial charge in [-0.15, -0.1) is 0 Å². The van der Waals surface area contributed by atoms with Gasteiger partial charge in [-0.1, -0.05) is 12.1 Å². The number of nitrogens with one attached hydrogen (secondary N) is 1. The molecule has 0 spiro atoms. The van der Waals surface area contributed by atoms with Gasteiger partial charge in [0.2, 0.25) is 0 Å². The maximum absolute atomic E-state index is 11.9. The van der Waals surface area contributed by atoms with Crippen molar-refractivity contribution in [3.63, 3.8) is 0 Å². The van der Waals surface area contributed by atoms with Crippen molar-refractivity contribution >= 4 is 66.5 Å². The van der Waals surface area contributed by atoms with Gasteiger partial charge in [0.1, 0.15) is 5.76 Å². The Balaban J connectivity index is 1.85. The van der Waals surface area contributed by atoms with Gasteiger partial charge in [0, 0.05) is 10.5 Å². The number of amides is 1. The third-order valence-electron chi connectivity index (χ3n) is 2.59. The fraction of sp³-hybridized carbons (Fsp3) is 0. The number of furan rings is 1. The SMILES string of the molecule is O=C1NC(=Nc2ccccc2Br)S/C1=C/c1ccc(Br)o1. The standard InChI is InChI=1S/C14H8Br2N2O2S/c15-9-3-1-2-4-10(9)17-14-18-13(19)11(21-14)7-8-5-6-12(16)20-8/h1-7H,(H,17,18,19)/b11-7+. The van der Waals surface area contributed by atoms with Crippen molar-refractivity contribution in [2.75, 3.05) is 0 Å². The van der Waals surface area contributed by atoms with E-state index in [2.05, 4.69) is 42.2 Å². The molecule has 1 fully saturated rings. The highest BCUT2D eigenvalue weighted by atomic mass is 79.9. The van der Waals surface area contributed by atoms with Crippen LogP contribution in [-0.2, 0) is 4.79 Å². The Labute approximate surface area is 142 Å². The van der Waals surface area contributed by atoms with E-state index in [0.717, 1.165) is 10.2 Å². The van der Waals surface area contributed by atoms with Crippen molar-refractivity contribution in [3.05, 3.63) is 56.2 Å². The summed E-state index contributed by atoms with van der Waals surface area (Å²) in [7, 11) is 0. The Morgan fingerprint density at radius 3 is 2.71 bits per heavy atom. The second-order valence-corrected chi connectivity index (χ2v) is 6.74. The molecule has 1 aromatic carbocycles. The molecular formula is C14H8Br2N2O2S. The molecule has 21 heavy (non-hydrogen) atoms. The van der Waals surface area contributed by atoms with E-state index in [1.54, 1.807) is 18.2 Å². The first-order valence-electron chi connectivity index (χ1n) is 5.91. The molecule has 1 aromatic heterocycles. The van der Waals surface area contributed by atoms with E-state index in [9.17, 15) is 4.79 Å². The Morgan fingerprint density at radius 2 is 2.00 bits per heavy atom. The molecule has 0 saturated carbocycles. The van der Waals surface area contributed by atoms with Gasteiger partial charge in [0.15, 0.2) is 9.84 Å². The minimum atomic E-state index is -0.182. The molecule has 3 rings (SSSR count). The molecule has 1 N–H and O–H groups in total. The van der Waals surface area contributed by atoms with Crippen LogP contribution in [-0.4, -0.2) is 11.1 Å². The van der Waals surface area contributed by atoms with E-state index >= 15 is 0 Å². The van der Waals surface area contributed by atoms with E-state index in [0.29, 0.717) is 20.5 Å². The quantitative estimate of drug-likeness (QED) is 0.707. The van der Waals surface area contributed by atoms with Crippen LogP contribution < -0.4 is 5.32 Å². The fourth-order valence-corrected chi connectivity index (χ4v) is 3.17. The monoisotopic (exact) mass is 426 g/mol. The number of carbonyl (C=O) groups is 1. The highest BCUT2D eigenvalue weighted by Crippen LogP contribution is 2.31. The fourth-order valence-electron chi connectivity index (χ4n) is 1.67. The summed E-state index contributed by atoms with van der Waals surface area (Å²) in [5.41, 5.74) is 0.766. The third-order valence-corrected chi connectivity index (χ3v) is 4.60. The van der Waals surface area contributed by atoms with Crippen LogP contribution in [0.5, 0.6) is 0 Å². The first-order valence-corrected chi connectivity index (χ1v) is 8.31. The van der Waals surface area contributed by atoms with Gasteiger partial charge in [-0.05, 0) is 67.9 Å². The number of carbonyl (C=O) groups excluding carboxylic acids is 1. The largest absolute Gasteiger partial charge is 0.450 e. The zero-order valence-electron chi connectivity index (χ0n) is 10.5. The molecule has 0 aliphatic carbocycles. The number of hydrogen-bond donors (Lipinski definition) is 1. The summed E-state index contributed by atoms with van der Waals surface area (Å²) in [6.07, 6.45) is 1.69. The van der Waals surface area contributed by atoms with Crippen LogP contribution in [0.1, 0.15) is 5.76 Å². The Kier molecular flexibility index (Phi) is 4.32. The minimum Gasteiger partial charge on any atom is -0.450 e. The molecule has 7 heteroatoms. The predicted octanol–water partition coefficient (Wildman–Crippen LogP) is 4.70. The second-order valence-electron chi connectivity index (χ2n) is 4.08. The summed E-state index contributed by atoms with van der Waals surface area (Å²) in [4.78, 5) is 16.9. The molecule has 1 saturated heterocycles. The Hall–Kier alpha value is -1.31. The Morgan fingerprint density at radius 1 is 1.19 bits per heavy atom. The zero-order valence-corrected chi connectivity index (χ0v) is 14.5. The second kappa shape index (κ2) is 6.21. The number of rotatable bonds is 2. The normalized spacial score (nSPS) is 18.5. The maximum Gasteiger partial charge on any atom is 0.264 e. The maximum atomic E-state index is 11.9. The van der Waals surface area contributed by atoms with E-state index in [4.69, 9.17) is 4.42 Å².